The Kier molecular flexibility index (Phi) is 7.92. The summed E-state index contributed by atoms with van der Waals surface area (Å²) >= 11 is 0. The van der Waals surface area contributed by atoms with Crippen LogP contribution in [0.2, 0.25) is 0 Å². The Labute approximate surface area is 170 Å². The number of ether oxygens (including phenoxy) is 1. The van der Waals surface area contributed by atoms with Gasteiger partial charge in [0, 0.05) is 0 Å². The maximum absolute atomic E-state index is 9.27. The molecule has 2 rings (SSSR count). The van der Waals surface area contributed by atoms with E-state index in [1.807, 2.05) is 6.08 Å². The van der Waals surface area contributed by atoms with E-state index in [-0.39, 0.29) is 11.2 Å². The van der Waals surface area contributed by atoms with Gasteiger partial charge in [-0.1, -0.05) is 60.9 Å². The van der Waals surface area contributed by atoms with Crippen molar-refractivity contribution in [2.75, 3.05) is 6.61 Å². The first-order valence-electron chi connectivity index (χ1n) is 10.1. The van der Waals surface area contributed by atoms with Crippen molar-refractivity contribution < 1.29 is 9.84 Å². The van der Waals surface area contributed by atoms with Crippen LogP contribution in [0.3, 0.4) is 0 Å². The van der Waals surface area contributed by atoms with Crippen molar-refractivity contribution >= 4 is 0 Å². The summed E-state index contributed by atoms with van der Waals surface area (Å²) in [7, 11) is 0. The van der Waals surface area contributed by atoms with Crippen LogP contribution in [0, 0.1) is 5.41 Å². The molecule has 2 nitrogen and oxygen atoms in total. The number of benzene rings is 1. The van der Waals surface area contributed by atoms with Crippen LogP contribution in [0.5, 0.6) is 11.5 Å². The molecule has 0 atom stereocenters. The molecule has 0 aromatic heterocycles. The largest absolute Gasteiger partial charge is 0.508 e. The van der Waals surface area contributed by atoms with E-state index in [1.165, 1.54) is 36.0 Å². The Bertz CT molecular complexity index is 799. The molecule has 0 amide bonds. The van der Waals surface area contributed by atoms with Crippen LogP contribution in [0.25, 0.3) is 0 Å². The third kappa shape index (κ3) is 6.92. The van der Waals surface area contributed by atoms with E-state index in [0.717, 1.165) is 11.3 Å². The molecule has 0 fully saturated rings. The van der Waals surface area contributed by atoms with E-state index >= 15 is 0 Å². The molecule has 0 saturated carbocycles. The van der Waals surface area contributed by atoms with Crippen molar-refractivity contribution in [3.8, 4) is 11.5 Å². The lowest BCUT2D eigenvalue weighted by atomic mass is 9.72. The molecule has 1 aliphatic rings. The fourth-order valence-corrected chi connectivity index (χ4v) is 3.51. The second kappa shape index (κ2) is 10.2. The van der Waals surface area contributed by atoms with Gasteiger partial charge in [0.2, 0.25) is 0 Å². The predicted molar refractivity (Wildman–Crippen MR) is 120 cm³/mol. The minimum atomic E-state index is 0.247. The molecule has 0 aliphatic heterocycles. The number of allylic oxidation sites excluding steroid dienone is 9. The molecule has 1 aliphatic carbocycles. The molecule has 0 spiro atoms. The molecular formula is C26H34O2. The topological polar surface area (TPSA) is 29.5 Å². The first kappa shape index (κ1) is 21.8. The summed E-state index contributed by atoms with van der Waals surface area (Å²) in [6.07, 6.45) is 16.7. The van der Waals surface area contributed by atoms with Gasteiger partial charge < -0.3 is 9.84 Å². The van der Waals surface area contributed by atoms with E-state index in [4.69, 9.17) is 4.74 Å². The van der Waals surface area contributed by atoms with Crippen molar-refractivity contribution in [3.63, 3.8) is 0 Å². The van der Waals surface area contributed by atoms with Gasteiger partial charge in [-0.3, -0.25) is 0 Å². The predicted octanol–water partition coefficient (Wildman–Crippen LogP) is 7.30. The SMILES string of the molecule is CC1=C(/C=C/C(C)=C/C=C/C(C)=C/COc2ccc(O)cc2)C(C)(C)CCC1. The monoisotopic (exact) mass is 378 g/mol. The van der Waals surface area contributed by atoms with Crippen LogP contribution in [-0.4, -0.2) is 11.7 Å². The van der Waals surface area contributed by atoms with E-state index in [0.29, 0.717) is 6.61 Å². The summed E-state index contributed by atoms with van der Waals surface area (Å²) in [5, 5.41) is 9.27. The Balaban J connectivity index is 1.88. The Morgan fingerprint density at radius 3 is 2.50 bits per heavy atom. The summed E-state index contributed by atoms with van der Waals surface area (Å²) in [5.41, 5.74) is 5.71. The van der Waals surface area contributed by atoms with Gasteiger partial charge in [-0.2, -0.15) is 0 Å². The van der Waals surface area contributed by atoms with Gasteiger partial charge in [0.25, 0.3) is 0 Å². The number of hydrogen-bond donors (Lipinski definition) is 1. The van der Waals surface area contributed by atoms with Crippen molar-refractivity contribution in [3.05, 3.63) is 83.0 Å². The fraction of sp³-hybridized carbons (Fsp3) is 0.385. The van der Waals surface area contributed by atoms with Crippen LogP contribution >= 0.6 is 0 Å². The number of phenolic OH excluding ortho intramolecular Hbond substituents is 1. The lowest BCUT2D eigenvalue weighted by Gasteiger charge is -2.32. The maximum Gasteiger partial charge on any atom is 0.120 e. The normalized spacial score (nSPS) is 18.3. The number of aromatic hydroxyl groups is 1. The number of phenols is 1. The van der Waals surface area contributed by atoms with Gasteiger partial charge in [-0.05, 0) is 81.4 Å². The van der Waals surface area contributed by atoms with Crippen molar-refractivity contribution in [2.45, 2.75) is 53.9 Å². The van der Waals surface area contributed by atoms with Gasteiger partial charge in [0.15, 0.2) is 0 Å². The van der Waals surface area contributed by atoms with Gasteiger partial charge >= 0.3 is 0 Å². The highest BCUT2D eigenvalue weighted by atomic mass is 16.5. The first-order valence-corrected chi connectivity index (χ1v) is 10.1. The standard InChI is InChI=1S/C26H34O2/c1-20(11-16-25-22(3)10-7-18-26(25,4)5)8-6-9-21(2)17-19-28-24-14-12-23(27)13-15-24/h6,8-9,11-17,27H,7,10,18-19H2,1-5H3/b9-6+,16-11+,20-8+,21-17+. The smallest absolute Gasteiger partial charge is 0.120 e. The summed E-state index contributed by atoms with van der Waals surface area (Å²) < 4.78 is 5.64. The Morgan fingerprint density at radius 2 is 1.82 bits per heavy atom. The zero-order valence-corrected chi connectivity index (χ0v) is 18.0. The van der Waals surface area contributed by atoms with Crippen molar-refractivity contribution in [1.29, 1.82) is 0 Å². The molecule has 0 saturated heterocycles. The highest BCUT2D eigenvalue weighted by Gasteiger charge is 2.26. The molecule has 28 heavy (non-hydrogen) atoms. The van der Waals surface area contributed by atoms with Crippen LogP contribution in [0.1, 0.15) is 53.9 Å². The second-order valence-corrected chi connectivity index (χ2v) is 8.29. The molecule has 0 radical (unpaired) electrons. The number of hydrogen-bond acceptors (Lipinski definition) is 2. The van der Waals surface area contributed by atoms with Crippen LogP contribution < -0.4 is 4.74 Å². The molecule has 0 bridgehead atoms. The van der Waals surface area contributed by atoms with Gasteiger partial charge in [0.1, 0.15) is 18.1 Å². The molecular weight excluding hydrogens is 344 g/mol. The second-order valence-electron chi connectivity index (χ2n) is 8.29. The maximum atomic E-state index is 9.27. The third-order valence-electron chi connectivity index (χ3n) is 5.27. The molecule has 1 N–H and O–H groups in total. The van der Waals surface area contributed by atoms with E-state index < -0.39 is 0 Å². The van der Waals surface area contributed by atoms with Gasteiger partial charge in [-0.15, -0.1) is 0 Å². The van der Waals surface area contributed by atoms with E-state index in [1.54, 1.807) is 24.3 Å². The average Bonchev–Trinajstić information content (AvgIpc) is 2.62. The zero-order valence-electron chi connectivity index (χ0n) is 18.0. The first-order chi connectivity index (χ1) is 13.3. The molecule has 0 heterocycles. The summed E-state index contributed by atoms with van der Waals surface area (Å²) in [6, 6.07) is 6.77. The highest BCUT2D eigenvalue weighted by molar-refractivity contribution is 5.37. The minimum Gasteiger partial charge on any atom is -0.508 e. The minimum absolute atomic E-state index is 0.247. The van der Waals surface area contributed by atoms with Crippen LogP contribution in [0.4, 0.5) is 0 Å². The van der Waals surface area contributed by atoms with Crippen molar-refractivity contribution in [1.82, 2.24) is 0 Å². The van der Waals surface area contributed by atoms with E-state index in [2.05, 4.69) is 65.0 Å². The quantitative estimate of drug-likeness (QED) is 0.504. The molecule has 1 aromatic rings. The van der Waals surface area contributed by atoms with E-state index in [9.17, 15) is 5.11 Å². The van der Waals surface area contributed by atoms with Crippen molar-refractivity contribution in [2.24, 2.45) is 5.41 Å². The molecule has 2 heteroatoms. The summed E-state index contributed by atoms with van der Waals surface area (Å²) in [5.74, 6) is 0.999. The van der Waals surface area contributed by atoms with Gasteiger partial charge in [-0.25, -0.2) is 0 Å². The van der Waals surface area contributed by atoms with Crippen LogP contribution in [0.15, 0.2) is 83.0 Å². The molecule has 1 aromatic carbocycles. The number of rotatable bonds is 7. The molecule has 0 unspecified atom stereocenters. The highest BCUT2D eigenvalue weighted by Crippen LogP contribution is 2.40. The lowest BCUT2D eigenvalue weighted by molar-refractivity contribution is 0.361. The summed E-state index contributed by atoms with van der Waals surface area (Å²) in [6.45, 7) is 11.7. The Hall–Kier alpha value is -2.48. The molecule has 150 valence electrons. The fourth-order valence-electron chi connectivity index (χ4n) is 3.51. The third-order valence-corrected chi connectivity index (χ3v) is 5.27. The van der Waals surface area contributed by atoms with Gasteiger partial charge in [0.05, 0.1) is 0 Å². The average molecular weight is 379 g/mol. The lowest BCUT2D eigenvalue weighted by Crippen LogP contribution is -2.19. The summed E-state index contributed by atoms with van der Waals surface area (Å²) in [4.78, 5) is 0. The van der Waals surface area contributed by atoms with Crippen LogP contribution in [-0.2, 0) is 0 Å². The zero-order chi connectivity index (χ0) is 20.6. The Morgan fingerprint density at radius 1 is 1.11 bits per heavy atom.